The van der Waals surface area contributed by atoms with Gasteiger partial charge in [0.1, 0.15) is 17.7 Å². The largest absolute Gasteiger partial charge is 0.444 e. The van der Waals surface area contributed by atoms with Gasteiger partial charge < -0.3 is 20.3 Å². The van der Waals surface area contributed by atoms with Crippen molar-refractivity contribution in [2.24, 2.45) is 0 Å². The molecule has 7 heteroatoms. The van der Waals surface area contributed by atoms with E-state index in [9.17, 15) is 14.4 Å². The van der Waals surface area contributed by atoms with E-state index in [1.807, 2.05) is 82.3 Å². The highest BCUT2D eigenvalue weighted by molar-refractivity contribution is 5.93. The van der Waals surface area contributed by atoms with Gasteiger partial charge >= 0.3 is 6.09 Å². The number of benzene rings is 2. The van der Waals surface area contributed by atoms with Gasteiger partial charge in [-0.3, -0.25) is 9.59 Å². The Hall–Kier alpha value is -3.35. The predicted octanol–water partition coefficient (Wildman–Crippen LogP) is 5.47. The molecule has 3 amide bonds. The average molecular weight is 522 g/mol. The van der Waals surface area contributed by atoms with Gasteiger partial charge in [-0.05, 0) is 78.9 Å². The highest BCUT2D eigenvalue weighted by Crippen LogP contribution is 2.34. The normalized spacial score (nSPS) is 15.6. The van der Waals surface area contributed by atoms with Gasteiger partial charge in [-0.2, -0.15) is 0 Å². The molecule has 0 heterocycles. The molecule has 1 fully saturated rings. The number of hydrogen-bond acceptors (Lipinski definition) is 4. The van der Waals surface area contributed by atoms with Crippen LogP contribution in [-0.2, 0) is 20.7 Å². The summed E-state index contributed by atoms with van der Waals surface area (Å²) in [6.07, 6.45) is 2.22. The highest BCUT2D eigenvalue weighted by Gasteiger charge is 2.42. The summed E-state index contributed by atoms with van der Waals surface area (Å²) in [5.41, 5.74) is 1.47. The molecule has 1 saturated carbocycles. The maximum absolute atomic E-state index is 14.4. The SMILES string of the molecule is Cc1cccc(C(C(=O)NC(C)(C)C)N(C(=O)C(Cc2ccccc2)NC(=O)OC(C)(C)C)C2CCC2)c1. The number of ether oxygens (including phenoxy) is 1. The fourth-order valence-electron chi connectivity index (χ4n) is 4.58. The van der Waals surface area contributed by atoms with Crippen molar-refractivity contribution < 1.29 is 19.1 Å². The molecule has 1 aliphatic carbocycles. The van der Waals surface area contributed by atoms with E-state index in [-0.39, 0.29) is 24.3 Å². The van der Waals surface area contributed by atoms with Crippen molar-refractivity contribution in [3.05, 3.63) is 71.3 Å². The fraction of sp³-hybridized carbons (Fsp3) is 0.516. The maximum Gasteiger partial charge on any atom is 0.408 e. The van der Waals surface area contributed by atoms with Crippen LogP contribution in [0.5, 0.6) is 0 Å². The summed E-state index contributed by atoms with van der Waals surface area (Å²) in [5.74, 6) is -0.529. The zero-order valence-electron chi connectivity index (χ0n) is 23.8. The monoisotopic (exact) mass is 521 g/mol. The van der Waals surface area contributed by atoms with Crippen molar-refractivity contribution in [3.63, 3.8) is 0 Å². The summed E-state index contributed by atoms with van der Waals surface area (Å²) in [6, 6.07) is 15.5. The van der Waals surface area contributed by atoms with Crippen molar-refractivity contribution >= 4 is 17.9 Å². The minimum Gasteiger partial charge on any atom is -0.444 e. The predicted molar refractivity (Wildman–Crippen MR) is 150 cm³/mol. The van der Waals surface area contributed by atoms with Gasteiger partial charge in [0, 0.05) is 18.0 Å². The van der Waals surface area contributed by atoms with Gasteiger partial charge in [-0.25, -0.2) is 4.79 Å². The summed E-state index contributed by atoms with van der Waals surface area (Å²) in [4.78, 5) is 42.8. The summed E-state index contributed by atoms with van der Waals surface area (Å²) < 4.78 is 5.51. The Morgan fingerprint density at radius 1 is 0.974 bits per heavy atom. The Labute approximate surface area is 227 Å². The first kappa shape index (κ1) is 29.2. The molecule has 0 aromatic heterocycles. The van der Waals surface area contributed by atoms with Gasteiger partial charge in [0.25, 0.3) is 0 Å². The minimum absolute atomic E-state index is 0.0996. The van der Waals surface area contributed by atoms with Gasteiger partial charge in [0.05, 0.1) is 0 Å². The van der Waals surface area contributed by atoms with Crippen LogP contribution in [-0.4, -0.2) is 46.0 Å². The number of aryl methyl sites for hydroxylation is 1. The van der Waals surface area contributed by atoms with E-state index in [1.54, 1.807) is 25.7 Å². The number of hydrogen-bond donors (Lipinski definition) is 2. The molecule has 2 atom stereocenters. The second kappa shape index (κ2) is 12.0. The van der Waals surface area contributed by atoms with E-state index in [4.69, 9.17) is 4.74 Å². The first-order valence-electron chi connectivity index (χ1n) is 13.5. The smallest absolute Gasteiger partial charge is 0.408 e. The Balaban J connectivity index is 2.04. The van der Waals surface area contributed by atoms with Crippen LogP contribution in [0.1, 0.15) is 83.5 Å². The molecule has 0 aliphatic heterocycles. The second-order valence-electron chi connectivity index (χ2n) is 12.3. The molecule has 2 unspecified atom stereocenters. The number of carbonyl (C=O) groups excluding carboxylic acids is 3. The van der Waals surface area contributed by atoms with Crippen LogP contribution in [0.25, 0.3) is 0 Å². The summed E-state index contributed by atoms with van der Waals surface area (Å²) >= 11 is 0. The lowest BCUT2D eigenvalue weighted by molar-refractivity contribution is -0.148. The van der Waals surface area contributed by atoms with Crippen molar-refractivity contribution in [1.29, 1.82) is 0 Å². The third kappa shape index (κ3) is 8.33. The molecule has 2 N–H and O–H groups in total. The van der Waals surface area contributed by atoms with Crippen molar-refractivity contribution in [1.82, 2.24) is 15.5 Å². The van der Waals surface area contributed by atoms with Crippen LogP contribution in [0.15, 0.2) is 54.6 Å². The molecule has 3 rings (SSSR count). The van der Waals surface area contributed by atoms with Crippen LogP contribution < -0.4 is 10.6 Å². The van der Waals surface area contributed by atoms with Crippen LogP contribution in [0.2, 0.25) is 0 Å². The van der Waals surface area contributed by atoms with Crippen LogP contribution in [0, 0.1) is 6.92 Å². The quantitative estimate of drug-likeness (QED) is 0.482. The summed E-state index contributed by atoms with van der Waals surface area (Å²) in [7, 11) is 0. The number of rotatable bonds is 8. The standard InChI is InChI=1S/C31H43N3O4/c1-21-13-11-16-23(19-21)26(27(35)33-30(2,3)4)34(24-17-12-18-24)28(36)25(20-22-14-9-8-10-15-22)32-29(37)38-31(5,6)7/h8-11,13-16,19,24-26H,12,17-18,20H2,1-7H3,(H,32,37)(H,33,35). The van der Waals surface area contributed by atoms with E-state index in [1.165, 1.54) is 0 Å². The third-order valence-electron chi connectivity index (χ3n) is 6.38. The fourth-order valence-corrected chi connectivity index (χ4v) is 4.58. The number of amides is 3. The highest BCUT2D eigenvalue weighted by atomic mass is 16.6. The van der Waals surface area contributed by atoms with Gasteiger partial charge in [-0.15, -0.1) is 0 Å². The Morgan fingerprint density at radius 2 is 1.63 bits per heavy atom. The van der Waals surface area contributed by atoms with E-state index in [2.05, 4.69) is 10.6 Å². The van der Waals surface area contributed by atoms with E-state index >= 15 is 0 Å². The van der Waals surface area contributed by atoms with Crippen molar-refractivity contribution in [2.75, 3.05) is 0 Å². The molecule has 1 aliphatic rings. The lowest BCUT2D eigenvalue weighted by Crippen LogP contribution is -2.59. The molecular weight excluding hydrogens is 478 g/mol. The van der Waals surface area contributed by atoms with E-state index < -0.39 is 29.3 Å². The Bertz CT molecular complexity index is 1110. The topological polar surface area (TPSA) is 87.7 Å². The van der Waals surface area contributed by atoms with Crippen LogP contribution >= 0.6 is 0 Å². The van der Waals surface area contributed by atoms with Crippen LogP contribution in [0.4, 0.5) is 4.79 Å². The number of carbonyl (C=O) groups is 3. The minimum atomic E-state index is -0.900. The first-order valence-corrected chi connectivity index (χ1v) is 13.5. The number of nitrogens with one attached hydrogen (secondary N) is 2. The van der Waals surface area contributed by atoms with Gasteiger partial charge in [0.15, 0.2) is 0 Å². The lowest BCUT2D eigenvalue weighted by Gasteiger charge is -2.44. The molecule has 0 radical (unpaired) electrons. The number of alkyl carbamates (subject to hydrolysis) is 1. The zero-order valence-corrected chi connectivity index (χ0v) is 23.8. The summed E-state index contributed by atoms with van der Waals surface area (Å²) in [5, 5.41) is 5.92. The maximum atomic E-state index is 14.4. The molecule has 206 valence electrons. The van der Waals surface area contributed by atoms with Crippen molar-refractivity contribution in [3.8, 4) is 0 Å². The molecule has 2 aromatic rings. The average Bonchev–Trinajstić information content (AvgIpc) is 2.75. The molecular formula is C31H43N3O4. The van der Waals surface area contributed by atoms with E-state index in [0.717, 1.165) is 36.0 Å². The molecule has 38 heavy (non-hydrogen) atoms. The lowest BCUT2D eigenvalue weighted by atomic mass is 9.87. The first-order chi connectivity index (χ1) is 17.7. The van der Waals surface area contributed by atoms with Gasteiger partial charge in [0.2, 0.25) is 11.8 Å². The molecule has 0 spiro atoms. The number of nitrogens with zero attached hydrogens (tertiary/aromatic N) is 1. The summed E-state index contributed by atoms with van der Waals surface area (Å²) in [6.45, 7) is 13.1. The molecule has 7 nitrogen and oxygen atoms in total. The van der Waals surface area contributed by atoms with E-state index in [0.29, 0.717) is 0 Å². The second-order valence-corrected chi connectivity index (χ2v) is 12.3. The molecule has 2 aromatic carbocycles. The molecule has 0 bridgehead atoms. The van der Waals surface area contributed by atoms with Crippen LogP contribution in [0.3, 0.4) is 0 Å². The Morgan fingerprint density at radius 3 is 2.16 bits per heavy atom. The van der Waals surface area contributed by atoms with Gasteiger partial charge in [-0.1, -0.05) is 60.2 Å². The zero-order chi connectivity index (χ0) is 28.1. The Kier molecular flexibility index (Phi) is 9.23. The van der Waals surface area contributed by atoms with Crippen molar-refractivity contribution in [2.45, 2.75) is 103 Å². The third-order valence-corrected chi connectivity index (χ3v) is 6.38. The molecule has 0 saturated heterocycles.